The minimum absolute atomic E-state index is 0.272. The normalized spacial score (nSPS) is 20.4. The van der Waals surface area contributed by atoms with Crippen molar-refractivity contribution >= 4 is 17.7 Å². The predicted octanol–water partition coefficient (Wildman–Crippen LogP) is 4.96. The molecule has 0 bridgehead atoms. The molecule has 1 N–H and O–H groups in total. The molecule has 6 nitrogen and oxygen atoms in total. The third-order valence-corrected chi connectivity index (χ3v) is 5.70. The number of amides is 2. The van der Waals surface area contributed by atoms with Crippen molar-refractivity contribution in [1.29, 1.82) is 0 Å². The zero-order valence-electron chi connectivity index (χ0n) is 18.3. The SMILES string of the molecule is CCC(NC(=O)c1ccc(F)cc1)c1ccc2c(n1)C1CC1CN2C(=O)OC(C)(C)C. The van der Waals surface area contributed by atoms with E-state index in [1.165, 1.54) is 24.3 Å². The number of fused-ring (bicyclic) bond motifs is 3. The Labute approximate surface area is 181 Å². The molecule has 0 radical (unpaired) electrons. The van der Waals surface area contributed by atoms with E-state index in [1.807, 2.05) is 39.8 Å². The van der Waals surface area contributed by atoms with E-state index >= 15 is 0 Å². The highest BCUT2D eigenvalue weighted by Gasteiger charge is 2.48. The number of carbonyl (C=O) groups excluding carboxylic acids is 2. The zero-order valence-corrected chi connectivity index (χ0v) is 18.3. The van der Waals surface area contributed by atoms with Gasteiger partial charge in [-0.1, -0.05) is 6.92 Å². The number of nitrogens with one attached hydrogen (secondary N) is 1. The predicted molar refractivity (Wildman–Crippen MR) is 116 cm³/mol. The summed E-state index contributed by atoms with van der Waals surface area (Å²) < 4.78 is 18.7. The number of rotatable bonds is 4. The van der Waals surface area contributed by atoms with Crippen LogP contribution in [0.2, 0.25) is 0 Å². The molecule has 3 unspecified atom stereocenters. The number of benzene rings is 1. The van der Waals surface area contributed by atoms with Crippen LogP contribution in [-0.2, 0) is 4.74 Å². The largest absolute Gasteiger partial charge is 0.443 e. The fourth-order valence-electron chi connectivity index (χ4n) is 4.01. The average molecular weight is 426 g/mol. The third kappa shape index (κ3) is 4.55. The van der Waals surface area contributed by atoms with Gasteiger partial charge in [0.05, 0.1) is 23.1 Å². The molecule has 1 fully saturated rings. The lowest BCUT2D eigenvalue weighted by Gasteiger charge is -2.31. The van der Waals surface area contributed by atoms with E-state index in [1.54, 1.807) is 4.90 Å². The molecule has 2 aliphatic rings. The Kier molecular flexibility index (Phi) is 5.45. The number of pyridine rings is 1. The van der Waals surface area contributed by atoms with Gasteiger partial charge in [0.2, 0.25) is 0 Å². The van der Waals surface area contributed by atoms with Crippen LogP contribution >= 0.6 is 0 Å². The van der Waals surface area contributed by atoms with Crippen LogP contribution in [-0.4, -0.2) is 29.1 Å². The maximum atomic E-state index is 13.1. The van der Waals surface area contributed by atoms with Crippen LogP contribution in [0.25, 0.3) is 0 Å². The maximum absolute atomic E-state index is 13.1. The molecule has 3 atom stereocenters. The number of aromatic nitrogens is 1. The van der Waals surface area contributed by atoms with Gasteiger partial charge in [-0.05, 0) is 75.9 Å². The molecule has 164 valence electrons. The molecule has 2 aromatic rings. The highest BCUT2D eigenvalue weighted by molar-refractivity contribution is 5.94. The van der Waals surface area contributed by atoms with Gasteiger partial charge in [0.25, 0.3) is 5.91 Å². The van der Waals surface area contributed by atoms with Crippen molar-refractivity contribution in [2.75, 3.05) is 11.4 Å². The summed E-state index contributed by atoms with van der Waals surface area (Å²) in [6, 6.07) is 8.95. The summed E-state index contributed by atoms with van der Waals surface area (Å²) in [4.78, 5) is 31.9. The summed E-state index contributed by atoms with van der Waals surface area (Å²) in [5.74, 6) is 0.0927. The summed E-state index contributed by atoms with van der Waals surface area (Å²) in [5.41, 5.74) is 2.28. The summed E-state index contributed by atoms with van der Waals surface area (Å²) in [7, 11) is 0. The first-order valence-corrected chi connectivity index (χ1v) is 10.7. The second kappa shape index (κ2) is 7.94. The van der Waals surface area contributed by atoms with Crippen molar-refractivity contribution in [2.24, 2.45) is 5.92 Å². The van der Waals surface area contributed by atoms with Crippen LogP contribution < -0.4 is 10.2 Å². The van der Waals surface area contributed by atoms with E-state index < -0.39 is 5.60 Å². The van der Waals surface area contributed by atoms with Crippen LogP contribution in [0.5, 0.6) is 0 Å². The monoisotopic (exact) mass is 425 g/mol. The van der Waals surface area contributed by atoms with Crippen molar-refractivity contribution in [3.05, 3.63) is 59.2 Å². The van der Waals surface area contributed by atoms with Crippen LogP contribution in [0.1, 0.15) is 74.2 Å². The first-order valence-electron chi connectivity index (χ1n) is 10.7. The molecule has 2 heterocycles. The Morgan fingerprint density at radius 3 is 2.58 bits per heavy atom. The number of nitrogens with zero attached hydrogens (tertiary/aromatic N) is 2. The van der Waals surface area contributed by atoms with Gasteiger partial charge in [-0.25, -0.2) is 9.18 Å². The van der Waals surface area contributed by atoms with E-state index in [9.17, 15) is 14.0 Å². The molecule has 0 spiro atoms. The number of ether oxygens (including phenoxy) is 1. The highest BCUT2D eigenvalue weighted by atomic mass is 19.1. The summed E-state index contributed by atoms with van der Waals surface area (Å²) in [6.45, 7) is 8.18. The fraction of sp³-hybridized carbons (Fsp3) is 0.458. The third-order valence-electron chi connectivity index (χ3n) is 5.70. The highest BCUT2D eigenvalue weighted by Crippen LogP contribution is 2.54. The number of anilines is 1. The lowest BCUT2D eigenvalue weighted by molar-refractivity contribution is 0.0576. The number of halogens is 1. The van der Waals surface area contributed by atoms with Gasteiger partial charge in [-0.3, -0.25) is 14.7 Å². The first-order chi connectivity index (χ1) is 14.7. The van der Waals surface area contributed by atoms with Crippen molar-refractivity contribution in [1.82, 2.24) is 10.3 Å². The molecule has 2 amide bonds. The van der Waals surface area contributed by atoms with Gasteiger partial charge in [0.1, 0.15) is 11.4 Å². The Hall–Kier alpha value is -2.96. The summed E-state index contributed by atoms with van der Waals surface area (Å²) in [5, 5.41) is 2.99. The molecule has 7 heteroatoms. The van der Waals surface area contributed by atoms with E-state index in [4.69, 9.17) is 9.72 Å². The molecule has 1 aliphatic heterocycles. The van der Waals surface area contributed by atoms with Crippen molar-refractivity contribution in [3.8, 4) is 0 Å². The van der Waals surface area contributed by atoms with Gasteiger partial charge >= 0.3 is 6.09 Å². The lowest BCUT2D eigenvalue weighted by atomic mass is 10.0. The topological polar surface area (TPSA) is 71.5 Å². The van der Waals surface area contributed by atoms with E-state index in [-0.39, 0.29) is 23.9 Å². The molecular weight excluding hydrogens is 397 g/mol. The molecule has 1 saturated carbocycles. The molecule has 31 heavy (non-hydrogen) atoms. The molecule has 0 saturated heterocycles. The second-order valence-corrected chi connectivity index (χ2v) is 9.27. The van der Waals surface area contributed by atoms with E-state index in [0.717, 1.165) is 23.5 Å². The summed E-state index contributed by atoms with van der Waals surface area (Å²) >= 11 is 0. The zero-order chi connectivity index (χ0) is 22.3. The van der Waals surface area contributed by atoms with Gasteiger partial charge < -0.3 is 10.1 Å². The van der Waals surface area contributed by atoms with Crippen molar-refractivity contribution in [3.63, 3.8) is 0 Å². The smallest absolute Gasteiger partial charge is 0.414 e. The van der Waals surface area contributed by atoms with Crippen LogP contribution in [0.3, 0.4) is 0 Å². The van der Waals surface area contributed by atoms with Gasteiger partial charge in [0, 0.05) is 18.0 Å². The molecule has 1 aliphatic carbocycles. The van der Waals surface area contributed by atoms with E-state index in [0.29, 0.717) is 30.4 Å². The van der Waals surface area contributed by atoms with Gasteiger partial charge in [-0.15, -0.1) is 0 Å². The Morgan fingerprint density at radius 2 is 1.94 bits per heavy atom. The van der Waals surface area contributed by atoms with E-state index in [2.05, 4.69) is 5.32 Å². The van der Waals surface area contributed by atoms with Crippen LogP contribution in [0, 0.1) is 11.7 Å². The lowest BCUT2D eigenvalue weighted by Crippen LogP contribution is -2.40. The first kappa shape index (κ1) is 21.3. The minimum atomic E-state index is -0.567. The number of hydrogen-bond donors (Lipinski definition) is 1. The van der Waals surface area contributed by atoms with Crippen LogP contribution in [0.15, 0.2) is 36.4 Å². The Bertz CT molecular complexity index is 1000. The fourth-order valence-corrected chi connectivity index (χ4v) is 4.01. The van der Waals surface area contributed by atoms with Gasteiger partial charge in [0.15, 0.2) is 0 Å². The number of carbonyl (C=O) groups is 2. The van der Waals surface area contributed by atoms with Crippen molar-refractivity contribution in [2.45, 2.75) is 58.1 Å². The average Bonchev–Trinajstić information content (AvgIpc) is 3.50. The second-order valence-electron chi connectivity index (χ2n) is 9.27. The maximum Gasteiger partial charge on any atom is 0.414 e. The molecule has 1 aromatic heterocycles. The van der Waals surface area contributed by atoms with Crippen LogP contribution in [0.4, 0.5) is 14.9 Å². The molecular formula is C24H28FN3O3. The quantitative estimate of drug-likeness (QED) is 0.752. The number of hydrogen-bond acceptors (Lipinski definition) is 4. The molecule has 4 rings (SSSR count). The van der Waals surface area contributed by atoms with Gasteiger partial charge in [-0.2, -0.15) is 0 Å². The molecule has 1 aromatic carbocycles. The Morgan fingerprint density at radius 1 is 1.23 bits per heavy atom. The summed E-state index contributed by atoms with van der Waals surface area (Å²) in [6.07, 6.45) is 1.30. The standard InChI is InChI=1S/C24H28FN3O3/c1-5-18(27-22(29)14-6-8-16(25)9-7-14)19-10-11-20-21(26-19)17-12-15(17)13-28(20)23(30)31-24(2,3)4/h6-11,15,17-18H,5,12-13H2,1-4H3,(H,27,29). The minimum Gasteiger partial charge on any atom is -0.443 e. The Balaban J connectivity index is 1.56. The van der Waals surface area contributed by atoms with Crippen molar-refractivity contribution < 1.29 is 18.7 Å².